The van der Waals surface area contributed by atoms with E-state index in [0.29, 0.717) is 25.3 Å². The zero-order valence-electron chi connectivity index (χ0n) is 11.0. The van der Waals surface area contributed by atoms with Crippen LogP contribution in [0, 0.1) is 0 Å². The summed E-state index contributed by atoms with van der Waals surface area (Å²) >= 11 is 0. The summed E-state index contributed by atoms with van der Waals surface area (Å²) in [6.07, 6.45) is 1.64. The van der Waals surface area contributed by atoms with Crippen molar-refractivity contribution in [1.29, 1.82) is 0 Å². The number of nitrogens with zero attached hydrogens (tertiary/aromatic N) is 2. The minimum Gasteiger partial charge on any atom is -0.394 e. The molecule has 5 heteroatoms. The van der Waals surface area contributed by atoms with Crippen molar-refractivity contribution < 1.29 is 14.6 Å². The van der Waals surface area contributed by atoms with Crippen LogP contribution in [0.3, 0.4) is 0 Å². The van der Waals surface area contributed by atoms with E-state index in [2.05, 4.69) is 4.98 Å². The van der Waals surface area contributed by atoms with Crippen molar-refractivity contribution in [1.82, 2.24) is 9.88 Å². The van der Waals surface area contributed by atoms with E-state index in [1.54, 1.807) is 17.2 Å². The van der Waals surface area contributed by atoms with Gasteiger partial charge >= 0.3 is 0 Å². The number of ether oxygens (including phenoxy) is 1. The summed E-state index contributed by atoms with van der Waals surface area (Å²) < 4.78 is 5.31. The van der Waals surface area contributed by atoms with E-state index in [-0.39, 0.29) is 18.6 Å². The maximum atomic E-state index is 12.7. The Bertz CT molecular complexity index is 624. The zero-order chi connectivity index (χ0) is 13.9. The van der Waals surface area contributed by atoms with Gasteiger partial charge < -0.3 is 14.7 Å². The summed E-state index contributed by atoms with van der Waals surface area (Å²) in [4.78, 5) is 18.7. The van der Waals surface area contributed by atoms with Gasteiger partial charge in [-0.25, -0.2) is 0 Å². The minimum atomic E-state index is -0.275. The van der Waals surface area contributed by atoms with Gasteiger partial charge in [0.1, 0.15) is 0 Å². The van der Waals surface area contributed by atoms with Crippen molar-refractivity contribution in [2.24, 2.45) is 0 Å². The molecule has 3 rings (SSSR count). The highest BCUT2D eigenvalue weighted by Crippen LogP contribution is 2.20. The van der Waals surface area contributed by atoms with Crippen molar-refractivity contribution >= 4 is 16.8 Å². The highest BCUT2D eigenvalue weighted by Gasteiger charge is 2.28. The molecular formula is C15H16N2O3. The summed E-state index contributed by atoms with van der Waals surface area (Å²) in [5.41, 5.74) is 1.42. The summed E-state index contributed by atoms with van der Waals surface area (Å²) in [5, 5.41) is 10.2. The monoisotopic (exact) mass is 272 g/mol. The normalized spacial score (nSPS) is 19.2. The van der Waals surface area contributed by atoms with Gasteiger partial charge in [-0.2, -0.15) is 0 Å². The minimum absolute atomic E-state index is 0.0778. The third-order valence-electron chi connectivity index (χ3n) is 3.58. The van der Waals surface area contributed by atoms with E-state index in [1.165, 1.54) is 0 Å². The molecule has 0 aliphatic carbocycles. The number of rotatable bonds is 2. The van der Waals surface area contributed by atoms with Crippen LogP contribution in [0.25, 0.3) is 10.9 Å². The molecule has 1 N–H and O–H groups in total. The largest absolute Gasteiger partial charge is 0.394 e. The van der Waals surface area contributed by atoms with Gasteiger partial charge in [-0.3, -0.25) is 9.78 Å². The summed E-state index contributed by atoms with van der Waals surface area (Å²) in [5.74, 6) is -0.0778. The number of carbonyl (C=O) groups excluding carboxylic acids is 1. The van der Waals surface area contributed by atoms with Crippen LogP contribution in [0.1, 0.15) is 10.4 Å². The SMILES string of the molecule is O=C(c1ccnc2ccccc12)N1CCOCC1CO. The molecule has 1 unspecified atom stereocenters. The van der Waals surface area contributed by atoms with Gasteiger partial charge in [-0.1, -0.05) is 18.2 Å². The molecule has 1 amide bonds. The van der Waals surface area contributed by atoms with Crippen LogP contribution in [0.5, 0.6) is 0 Å². The topological polar surface area (TPSA) is 62.7 Å². The smallest absolute Gasteiger partial charge is 0.255 e. The average Bonchev–Trinajstić information content (AvgIpc) is 2.53. The van der Waals surface area contributed by atoms with Gasteiger partial charge in [0, 0.05) is 18.1 Å². The molecule has 0 bridgehead atoms. The lowest BCUT2D eigenvalue weighted by Crippen LogP contribution is -2.50. The van der Waals surface area contributed by atoms with E-state index in [9.17, 15) is 9.90 Å². The number of aromatic nitrogens is 1. The molecule has 1 fully saturated rings. The van der Waals surface area contributed by atoms with Gasteiger partial charge in [0.05, 0.1) is 36.9 Å². The van der Waals surface area contributed by atoms with E-state index < -0.39 is 0 Å². The lowest BCUT2D eigenvalue weighted by Gasteiger charge is -2.34. The van der Waals surface area contributed by atoms with Crippen LogP contribution in [-0.2, 0) is 4.74 Å². The van der Waals surface area contributed by atoms with Crippen molar-refractivity contribution in [2.75, 3.05) is 26.4 Å². The molecule has 2 heterocycles. The van der Waals surface area contributed by atoms with Crippen molar-refractivity contribution in [3.05, 3.63) is 42.1 Å². The number of hydrogen-bond acceptors (Lipinski definition) is 4. The second-order valence-electron chi connectivity index (χ2n) is 4.79. The number of morpholine rings is 1. The van der Waals surface area contributed by atoms with Crippen LogP contribution < -0.4 is 0 Å². The average molecular weight is 272 g/mol. The summed E-state index contributed by atoms with van der Waals surface area (Å²) in [6.45, 7) is 1.30. The van der Waals surface area contributed by atoms with E-state index >= 15 is 0 Å². The predicted octanol–water partition coefficient (Wildman–Crippen LogP) is 1.07. The van der Waals surface area contributed by atoms with Gasteiger partial charge in [0.25, 0.3) is 5.91 Å². The maximum absolute atomic E-state index is 12.7. The molecule has 1 aliphatic rings. The Morgan fingerprint density at radius 1 is 1.40 bits per heavy atom. The van der Waals surface area contributed by atoms with Crippen LogP contribution in [0.15, 0.2) is 36.5 Å². The van der Waals surface area contributed by atoms with Gasteiger partial charge in [0.15, 0.2) is 0 Å². The van der Waals surface area contributed by atoms with Crippen molar-refractivity contribution in [3.63, 3.8) is 0 Å². The van der Waals surface area contributed by atoms with Gasteiger partial charge in [0.2, 0.25) is 0 Å². The number of para-hydroxylation sites is 1. The number of fused-ring (bicyclic) bond motifs is 1. The molecule has 0 spiro atoms. The number of hydrogen-bond donors (Lipinski definition) is 1. The predicted molar refractivity (Wildman–Crippen MR) is 74.5 cm³/mol. The van der Waals surface area contributed by atoms with Crippen LogP contribution in [0.4, 0.5) is 0 Å². The number of carbonyl (C=O) groups is 1. The third-order valence-corrected chi connectivity index (χ3v) is 3.58. The van der Waals surface area contributed by atoms with Gasteiger partial charge in [-0.05, 0) is 12.1 Å². The van der Waals surface area contributed by atoms with E-state index in [0.717, 1.165) is 10.9 Å². The summed E-state index contributed by atoms with van der Waals surface area (Å²) in [6, 6.07) is 9.02. The number of aliphatic hydroxyl groups is 1. The molecule has 0 saturated carbocycles. The lowest BCUT2D eigenvalue weighted by molar-refractivity contribution is -0.0183. The number of pyridine rings is 1. The Morgan fingerprint density at radius 2 is 2.25 bits per heavy atom. The van der Waals surface area contributed by atoms with E-state index in [1.807, 2.05) is 24.3 Å². The standard InChI is InChI=1S/C15H16N2O3/c18-9-11-10-20-8-7-17(11)15(19)13-5-6-16-14-4-2-1-3-12(13)14/h1-6,11,18H,7-10H2. The first-order chi connectivity index (χ1) is 9.81. The first-order valence-electron chi connectivity index (χ1n) is 6.64. The molecule has 1 aliphatic heterocycles. The fraction of sp³-hybridized carbons (Fsp3) is 0.333. The Labute approximate surface area is 116 Å². The van der Waals surface area contributed by atoms with Gasteiger partial charge in [-0.15, -0.1) is 0 Å². The Morgan fingerprint density at radius 3 is 3.10 bits per heavy atom. The number of benzene rings is 1. The molecular weight excluding hydrogens is 256 g/mol. The van der Waals surface area contributed by atoms with Crippen molar-refractivity contribution in [2.45, 2.75) is 6.04 Å². The second-order valence-corrected chi connectivity index (χ2v) is 4.79. The quantitative estimate of drug-likeness (QED) is 0.888. The van der Waals surface area contributed by atoms with E-state index in [4.69, 9.17) is 4.74 Å². The number of amides is 1. The Hall–Kier alpha value is -1.98. The molecule has 0 radical (unpaired) electrons. The third kappa shape index (κ3) is 2.26. The molecule has 1 aromatic carbocycles. The van der Waals surface area contributed by atoms with Crippen LogP contribution >= 0.6 is 0 Å². The first-order valence-corrected chi connectivity index (χ1v) is 6.64. The molecule has 104 valence electrons. The lowest BCUT2D eigenvalue weighted by atomic mass is 10.1. The maximum Gasteiger partial charge on any atom is 0.255 e. The molecule has 1 saturated heterocycles. The summed E-state index contributed by atoms with van der Waals surface area (Å²) in [7, 11) is 0. The zero-order valence-corrected chi connectivity index (χ0v) is 11.0. The molecule has 5 nitrogen and oxygen atoms in total. The highest BCUT2D eigenvalue weighted by atomic mass is 16.5. The van der Waals surface area contributed by atoms with Crippen LogP contribution in [-0.4, -0.2) is 53.3 Å². The Kier molecular flexibility index (Phi) is 3.62. The first kappa shape index (κ1) is 13.0. The molecule has 2 aromatic rings. The molecule has 1 atom stereocenters. The second kappa shape index (κ2) is 5.56. The molecule has 1 aromatic heterocycles. The number of aliphatic hydroxyl groups excluding tert-OH is 1. The fourth-order valence-corrected chi connectivity index (χ4v) is 2.51. The Balaban J connectivity index is 1.99. The fourth-order valence-electron chi connectivity index (χ4n) is 2.51. The highest BCUT2D eigenvalue weighted by molar-refractivity contribution is 6.06. The van der Waals surface area contributed by atoms with Crippen molar-refractivity contribution in [3.8, 4) is 0 Å². The van der Waals surface area contributed by atoms with Crippen LogP contribution in [0.2, 0.25) is 0 Å². The molecule has 20 heavy (non-hydrogen) atoms.